The number of nitrogens with zero attached hydrogens (tertiary/aromatic N) is 2. The van der Waals surface area contributed by atoms with E-state index >= 15 is 0 Å². The molecule has 0 aliphatic heterocycles. The van der Waals surface area contributed by atoms with Crippen LogP contribution in [-0.2, 0) is 0 Å². The molecule has 18 heavy (non-hydrogen) atoms. The Balaban J connectivity index is 2.32. The molecule has 1 aromatic carbocycles. The van der Waals surface area contributed by atoms with Crippen LogP contribution in [0.3, 0.4) is 0 Å². The average Bonchev–Trinajstić information content (AvgIpc) is 2.81. The fourth-order valence-electron chi connectivity index (χ4n) is 1.41. The lowest BCUT2D eigenvalue weighted by Crippen LogP contribution is -2.16. The third kappa shape index (κ3) is 2.66. The summed E-state index contributed by atoms with van der Waals surface area (Å²) in [5.41, 5.74) is 6.69. The van der Waals surface area contributed by atoms with Gasteiger partial charge in [-0.25, -0.2) is 0 Å². The van der Waals surface area contributed by atoms with Crippen LogP contribution in [0.5, 0.6) is 0 Å². The predicted octanol–water partition coefficient (Wildman–Crippen LogP) is 3.70. The molecule has 0 aliphatic rings. The van der Waals surface area contributed by atoms with Crippen LogP contribution >= 0.6 is 23.2 Å². The lowest BCUT2D eigenvalue weighted by molar-refractivity contribution is 0.325. The van der Waals surface area contributed by atoms with Gasteiger partial charge < -0.3 is 10.3 Å². The molecule has 0 unspecified atom stereocenters. The first-order chi connectivity index (χ1) is 8.49. The lowest BCUT2D eigenvalue weighted by atomic mass is 10.1. The monoisotopic (exact) mass is 285 g/mol. The third-order valence-corrected chi connectivity index (χ3v) is 3.36. The van der Waals surface area contributed by atoms with Crippen LogP contribution in [0, 0.1) is 5.92 Å². The highest BCUT2D eigenvalue weighted by molar-refractivity contribution is 6.42. The molecular formula is C12H13Cl2N3O. The number of hydrogen-bond donors (Lipinski definition) is 1. The van der Waals surface area contributed by atoms with Gasteiger partial charge in [0.2, 0.25) is 11.7 Å². The fraction of sp³-hybridized carbons (Fsp3) is 0.333. The molecule has 6 heteroatoms. The van der Waals surface area contributed by atoms with Gasteiger partial charge in [0.15, 0.2) is 0 Å². The molecule has 2 aromatic rings. The first kappa shape index (κ1) is 13.3. The Kier molecular flexibility index (Phi) is 3.90. The van der Waals surface area contributed by atoms with E-state index in [0.29, 0.717) is 21.8 Å². The molecule has 0 aliphatic carbocycles. The standard InChI is InChI=1S/C12H13Cl2N3O/c1-6(2)10(15)12-16-11(17-18-12)7-3-4-8(13)9(14)5-7/h3-6,10H,15H2,1-2H3/t10-/m1/s1. The van der Waals surface area contributed by atoms with Gasteiger partial charge >= 0.3 is 0 Å². The quantitative estimate of drug-likeness (QED) is 0.934. The fourth-order valence-corrected chi connectivity index (χ4v) is 1.71. The molecular weight excluding hydrogens is 273 g/mol. The van der Waals surface area contributed by atoms with E-state index in [9.17, 15) is 0 Å². The van der Waals surface area contributed by atoms with Gasteiger partial charge in [-0.2, -0.15) is 4.98 Å². The van der Waals surface area contributed by atoms with Crippen LogP contribution in [0.15, 0.2) is 22.7 Å². The van der Waals surface area contributed by atoms with Gasteiger partial charge in [-0.3, -0.25) is 0 Å². The van der Waals surface area contributed by atoms with Crippen molar-refractivity contribution >= 4 is 23.2 Å². The van der Waals surface area contributed by atoms with Crippen molar-refractivity contribution in [2.75, 3.05) is 0 Å². The highest BCUT2D eigenvalue weighted by Crippen LogP contribution is 2.28. The SMILES string of the molecule is CC(C)[C@@H](N)c1nc(-c2ccc(Cl)c(Cl)c2)no1. The van der Waals surface area contributed by atoms with Crippen molar-refractivity contribution < 1.29 is 4.52 Å². The Bertz CT molecular complexity index is 554. The summed E-state index contributed by atoms with van der Waals surface area (Å²) in [5, 5.41) is 4.83. The zero-order chi connectivity index (χ0) is 13.3. The smallest absolute Gasteiger partial charge is 0.244 e. The van der Waals surface area contributed by atoms with Gasteiger partial charge in [0.1, 0.15) is 0 Å². The zero-order valence-electron chi connectivity index (χ0n) is 10.0. The number of halogens is 2. The molecule has 0 saturated heterocycles. The Morgan fingerprint density at radius 2 is 1.94 bits per heavy atom. The van der Waals surface area contributed by atoms with Crippen LogP contribution in [0.25, 0.3) is 11.4 Å². The molecule has 0 bridgehead atoms. The molecule has 0 saturated carbocycles. The number of benzene rings is 1. The molecule has 4 nitrogen and oxygen atoms in total. The summed E-state index contributed by atoms with van der Waals surface area (Å²) in [5.74, 6) is 1.11. The molecule has 2 rings (SSSR count). The summed E-state index contributed by atoms with van der Waals surface area (Å²) >= 11 is 11.8. The van der Waals surface area contributed by atoms with Gasteiger partial charge in [-0.15, -0.1) is 0 Å². The number of hydrogen-bond acceptors (Lipinski definition) is 4. The Labute approximate surface area is 115 Å². The van der Waals surface area contributed by atoms with Crippen LogP contribution in [0.4, 0.5) is 0 Å². The van der Waals surface area contributed by atoms with Crippen molar-refractivity contribution in [1.82, 2.24) is 10.1 Å². The van der Waals surface area contributed by atoms with Crippen molar-refractivity contribution in [2.24, 2.45) is 11.7 Å². The predicted molar refractivity (Wildman–Crippen MR) is 71.5 cm³/mol. The van der Waals surface area contributed by atoms with E-state index < -0.39 is 0 Å². The van der Waals surface area contributed by atoms with Crippen molar-refractivity contribution in [1.29, 1.82) is 0 Å². The van der Waals surface area contributed by atoms with E-state index in [4.69, 9.17) is 33.5 Å². The van der Waals surface area contributed by atoms with Crippen molar-refractivity contribution in [2.45, 2.75) is 19.9 Å². The van der Waals surface area contributed by atoms with Crippen LogP contribution in [-0.4, -0.2) is 10.1 Å². The normalized spacial score (nSPS) is 13.0. The van der Waals surface area contributed by atoms with Gasteiger partial charge in [0.05, 0.1) is 16.1 Å². The first-order valence-corrected chi connectivity index (χ1v) is 6.29. The molecule has 0 radical (unpaired) electrons. The first-order valence-electron chi connectivity index (χ1n) is 5.53. The molecule has 2 N–H and O–H groups in total. The Morgan fingerprint density at radius 1 is 1.22 bits per heavy atom. The van der Waals surface area contributed by atoms with Crippen LogP contribution in [0.1, 0.15) is 25.8 Å². The summed E-state index contributed by atoms with van der Waals surface area (Å²) in [6.07, 6.45) is 0. The van der Waals surface area contributed by atoms with Gasteiger partial charge in [0.25, 0.3) is 0 Å². The minimum absolute atomic E-state index is 0.229. The average molecular weight is 286 g/mol. The van der Waals surface area contributed by atoms with E-state index in [1.54, 1.807) is 18.2 Å². The van der Waals surface area contributed by atoms with Crippen molar-refractivity contribution in [3.8, 4) is 11.4 Å². The molecule has 0 fully saturated rings. The van der Waals surface area contributed by atoms with E-state index in [-0.39, 0.29) is 12.0 Å². The minimum Gasteiger partial charge on any atom is -0.337 e. The summed E-state index contributed by atoms with van der Waals surface area (Å²) in [6.45, 7) is 3.99. The third-order valence-electron chi connectivity index (χ3n) is 2.62. The second-order valence-corrected chi connectivity index (χ2v) is 5.17. The number of aromatic nitrogens is 2. The van der Waals surface area contributed by atoms with Crippen molar-refractivity contribution in [3.05, 3.63) is 34.1 Å². The summed E-state index contributed by atoms with van der Waals surface area (Å²) in [6, 6.07) is 4.90. The van der Waals surface area contributed by atoms with Crippen molar-refractivity contribution in [3.63, 3.8) is 0 Å². The van der Waals surface area contributed by atoms with Crippen LogP contribution < -0.4 is 5.73 Å². The summed E-state index contributed by atoms with van der Waals surface area (Å²) < 4.78 is 5.15. The molecule has 0 amide bonds. The second kappa shape index (κ2) is 5.26. The maximum Gasteiger partial charge on any atom is 0.244 e. The molecule has 0 spiro atoms. The van der Waals surface area contributed by atoms with E-state index in [1.807, 2.05) is 13.8 Å². The molecule has 1 aromatic heterocycles. The minimum atomic E-state index is -0.269. The summed E-state index contributed by atoms with van der Waals surface area (Å²) in [7, 11) is 0. The molecule has 1 heterocycles. The molecule has 96 valence electrons. The van der Waals surface area contributed by atoms with E-state index in [0.717, 1.165) is 5.56 Å². The maximum atomic E-state index is 5.94. The van der Waals surface area contributed by atoms with Gasteiger partial charge in [0, 0.05) is 5.56 Å². The highest BCUT2D eigenvalue weighted by atomic mass is 35.5. The lowest BCUT2D eigenvalue weighted by Gasteiger charge is -2.09. The van der Waals surface area contributed by atoms with Crippen LogP contribution in [0.2, 0.25) is 10.0 Å². The van der Waals surface area contributed by atoms with E-state index in [2.05, 4.69) is 10.1 Å². The van der Waals surface area contributed by atoms with Gasteiger partial charge in [-0.1, -0.05) is 42.2 Å². The van der Waals surface area contributed by atoms with E-state index in [1.165, 1.54) is 0 Å². The summed E-state index contributed by atoms with van der Waals surface area (Å²) in [4.78, 5) is 4.27. The highest BCUT2D eigenvalue weighted by Gasteiger charge is 2.18. The topological polar surface area (TPSA) is 64.9 Å². The Hall–Kier alpha value is -1.10. The number of nitrogens with two attached hydrogens (primary N) is 1. The molecule has 1 atom stereocenters. The Morgan fingerprint density at radius 3 is 2.56 bits per heavy atom. The van der Waals surface area contributed by atoms with Gasteiger partial charge in [-0.05, 0) is 24.1 Å². The largest absolute Gasteiger partial charge is 0.337 e. The number of rotatable bonds is 3. The zero-order valence-corrected chi connectivity index (χ0v) is 11.5. The maximum absolute atomic E-state index is 5.94. The second-order valence-electron chi connectivity index (χ2n) is 4.35.